The maximum atomic E-state index is 12.3. The summed E-state index contributed by atoms with van der Waals surface area (Å²) in [5.74, 6) is 0.462. The van der Waals surface area contributed by atoms with E-state index < -0.39 is 0 Å². The van der Waals surface area contributed by atoms with Crippen LogP contribution in [0.4, 0.5) is 0 Å². The van der Waals surface area contributed by atoms with Gasteiger partial charge in [-0.2, -0.15) is 0 Å². The van der Waals surface area contributed by atoms with Crippen LogP contribution in [0.1, 0.15) is 42.2 Å². The number of carbonyl (C=O) groups is 1. The van der Waals surface area contributed by atoms with Crippen molar-refractivity contribution in [3.8, 4) is 0 Å². The van der Waals surface area contributed by atoms with E-state index in [2.05, 4.69) is 31.1 Å². The molecule has 1 aromatic rings. The van der Waals surface area contributed by atoms with Gasteiger partial charge < -0.3 is 10.2 Å². The molecule has 4 nitrogen and oxygen atoms in total. The lowest BCUT2D eigenvalue weighted by molar-refractivity contribution is 0.0650. The highest BCUT2D eigenvalue weighted by Gasteiger charge is 2.25. The zero-order valence-corrected chi connectivity index (χ0v) is 13.8. The molecular weight excluding hydrogens is 305 g/mol. The summed E-state index contributed by atoms with van der Waals surface area (Å²) in [6.07, 6.45) is 0. The van der Waals surface area contributed by atoms with E-state index in [1.807, 2.05) is 10.3 Å². The summed E-state index contributed by atoms with van der Waals surface area (Å²) in [4.78, 5) is 18.6. The molecule has 0 bridgehead atoms. The van der Waals surface area contributed by atoms with E-state index in [0.717, 1.165) is 24.6 Å². The lowest BCUT2D eigenvalue weighted by atomic mass is 10.2. The minimum atomic E-state index is 0. The number of amides is 1. The summed E-state index contributed by atoms with van der Waals surface area (Å²) in [5.41, 5.74) is 0.604. The van der Waals surface area contributed by atoms with Crippen molar-refractivity contribution in [2.75, 3.05) is 19.6 Å². The largest absolute Gasteiger partial charge is 0.332 e. The van der Waals surface area contributed by atoms with Crippen LogP contribution in [0.5, 0.6) is 0 Å². The zero-order valence-electron chi connectivity index (χ0n) is 11.4. The van der Waals surface area contributed by atoms with Crippen LogP contribution in [0.15, 0.2) is 5.38 Å². The third-order valence-electron chi connectivity index (χ3n) is 3.00. The van der Waals surface area contributed by atoms with E-state index in [4.69, 9.17) is 0 Å². The van der Waals surface area contributed by atoms with Gasteiger partial charge in [-0.15, -0.1) is 36.2 Å². The zero-order chi connectivity index (χ0) is 12.4. The second-order valence-electron chi connectivity index (χ2n) is 4.78. The van der Waals surface area contributed by atoms with Gasteiger partial charge in [0, 0.05) is 37.0 Å². The van der Waals surface area contributed by atoms with Crippen LogP contribution in [-0.2, 0) is 0 Å². The van der Waals surface area contributed by atoms with Crippen molar-refractivity contribution < 1.29 is 4.79 Å². The molecule has 0 spiro atoms. The van der Waals surface area contributed by atoms with Gasteiger partial charge in [0.1, 0.15) is 5.69 Å². The minimum Gasteiger partial charge on any atom is -0.332 e. The van der Waals surface area contributed by atoms with Crippen molar-refractivity contribution in [2.45, 2.75) is 32.7 Å². The quantitative estimate of drug-likeness (QED) is 0.908. The van der Waals surface area contributed by atoms with Crippen LogP contribution >= 0.6 is 36.2 Å². The first-order chi connectivity index (χ1) is 8.09. The van der Waals surface area contributed by atoms with E-state index in [-0.39, 0.29) is 36.8 Å². The number of aromatic nitrogens is 1. The normalized spacial score (nSPS) is 18.7. The van der Waals surface area contributed by atoms with E-state index in [1.165, 1.54) is 0 Å². The Hall–Kier alpha value is -0.360. The molecule has 0 aliphatic carbocycles. The molecule has 0 radical (unpaired) electrons. The Labute approximate surface area is 130 Å². The fourth-order valence-electron chi connectivity index (χ4n) is 1.94. The molecule has 1 saturated heterocycles. The van der Waals surface area contributed by atoms with Crippen LogP contribution in [0.25, 0.3) is 0 Å². The van der Waals surface area contributed by atoms with Crippen molar-refractivity contribution in [3.05, 3.63) is 16.1 Å². The number of thiazole rings is 1. The molecule has 19 heavy (non-hydrogen) atoms. The molecule has 1 aliphatic rings. The van der Waals surface area contributed by atoms with Crippen LogP contribution in [0.3, 0.4) is 0 Å². The number of halogens is 2. The highest BCUT2D eigenvalue weighted by Crippen LogP contribution is 2.20. The van der Waals surface area contributed by atoms with E-state index in [9.17, 15) is 4.79 Å². The summed E-state index contributed by atoms with van der Waals surface area (Å²) in [6, 6.07) is 0.250. The topological polar surface area (TPSA) is 45.2 Å². The van der Waals surface area contributed by atoms with Gasteiger partial charge in [0.25, 0.3) is 5.91 Å². The van der Waals surface area contributed by atoms with Crippen molar-refractivity contribution >= 4 is 42.1 Å². The van der Waals surface area contributed by atoms with E-state index in [1.54, 1.807) is 11.3 Å². The molecule has 0 unspecified atom stereocenters. The molecule has 1 fully saturated rings. The summed E-state index contributed by atoms with van der Waals surface area (Å²) in [5, 5.41) is 6.20. The van der Waals surface area contributed by atoms with Gasteiger partial charge >= 0.3 is 0 Å². The molecule has 0 saturated carbocycles. The van der Waals surface area contributed by atoms with Gasteiger partial charge in [0.2, 0.25) is 0 Å². The predicted octanol–water partition coefficient (Wildman–Crippen LogP) is 2.54. The third-order valence-corrected chi connectivity index (χ3v) is 4.14. The van der Waals surface area contributed by atoms with Crippen LogP contribution < -0.4 is 5.32 Å². The first-order valence-electron chi connectivity index (χ1n) is 6.06. The number of hydrogen-bond donors (Lipinski definition) is 1. The molecule has 1 N–H and O–H groups in total. The van der Waals surface area contributed by atoms with Gasteiger partial charge in [-0.25, -0.2) is 4.98 Å². The minimum absolute atomic E-state index is 0. The molecule has 1 aromatic heterocycles. The number of piperazine rings is 1. The Bertz CT molecular complexity index is 411. The molecule has 2 heterocycles. The Kier molecular flexibility index (Phi) is 7.89. The summed E-state index contributed by atoms with van der Waals surface area (Å²) >= 11 is 1.58. The maximum Gasteiger partial charge on any atom is 0.273 e. The lowest BCUT2D eigenvalue weighted by Gasteiger charge is -2.33. The molecule has 0 aromatic carbocycles. The molecule has 2 rings (SSSR count). The molecule has 1 aliphatic heterocycles. The molecule has 7 heteroatoms. The average Bonchev–Trinajstić information content (AvgIpc) is 2.78. The number of carbonyl (C=O) groups excluding carboxylic acids is 1. The molecule has 110 valence electrons. The van der Waals surface area contributed by atoms with E-state index in [0.29, 0.717) is 11.6 Å². The standard InChI is InChI=1S/C12H19N3OS.2ClH/c1-8(2)11-14-10(7-17-11)12(16)15-5-4-13-6-9(15)3;;/h7-9,13H,4-6H2,1-3H3;2*1H/t9-;;/m1../s1. The fourth-order valence-corrected chi connectivity index (χ4v) is 2.75. The highest BCUT2D eigenvalue weighted by atomic mass is 35.5. The number of rotatable bonds is 2. The number of nitrogens with one attached hydrogen (secondary N) is 1. The summed E-state index contributed by atoms with van der Waals surface area (Å²) < 4.78 is 0. The second kappa shape index (κ2) is 8.04. The number of nitrogens with zero attached hydrogens (tertiary/aromatic N) is 2. The van der Waals surface area contributed by atoms with Gasteiger partial charge in [0.05, 0.1) is 5.01 Å². The monoisotopic (exact) mass is 325 g/mol. The van der Waals surface area contributed by atoms with Crippen LogP contribution in [0, 0.1) is 0 Å². The van der Waals surface area contributed by atoms with E-state index >= 15 is 0 Å². The first-order valence-corrected chi connectivity index (χ1v) is 6.94. The van der Waals surface area contributed by atoms with Crippen molar-refractivity contribution in [2.24, 2.45) is 0 Å². The van der Waals surface area contributed by atoms with Gasteiger partial charge in [-0.05, 0) is 6.92 Å². The summed E-state index contributed by atoms with van der Waals surface area (Å²) in [7, 11) is 0. The first kappa shape index (κ1) is 18.6. The SMILES string of the molecule is CC(C)c1nc(C(=O)N2CCNC[C@H]2C)cs1.Cl.Cl. The predicted molar refractivity (Wildman–Crippen MR) is 84.1 cm³/mol. The maximum absolute atomic E-state index is 12.3. The van der Waals surface area contributed by atoms with Crippen LogP contribution in [0.2, 0.25) is 0 Å². The van der Waals surface area contributed by atoms with Crippen molar-refractivity contribution in [3.63, 3.8) is 0 Å². The lowest BCUT2D eigenvalue weighted by Crippen LogP contribution is -2.52. The Morgan fingerprint density at radius 3 is 2.74 bits per heavy atom. The van der Waals surface area contributed by atoms with Crippen molar-refractivity contribution in [1.82, 2.24) is 15.2 Å². The van der Waals surface area contributed by atoms with Gasteiger partial charge in [-0.3, -0.25) is 4.79 Å². The van der Waals surface area contributed by atoms with Crippen molar-refractivity contribution in [1.29, 1.82) is 0 Å². The Morgan fingerprint density at radius 2 is 2.21 bits per heavy atom. The third kappa shape index (κ3) is 4.31. The number of hydrogen-bond acceptors (Lipinski definition) is 4. The van der Waals surface area contributed by atoms with Crippen LogP contribution in [-0.4, -0.2) is 41.5 Å². The average molecular weight is 326 g/mol. The second-order valence-corrected chi connectivity index (χ2v) is 5.67. The smallest absolute Gasteiger partial charge is 0.273 e. The van der Waals surface area contributed by atoms with Gasteiger partial charge in [-0.1, -0.05) is 13.8 Å². The Morgan fingerprint density at radius 1 is 1.53 bits per heavy atom. The highest BCUT2D eigenvalue weighted by molar-refractivity contribution is 7.09. The fraction of sp³-hybridized carbons (Fsp3) is 0.667. The van der Waals surface area contributed by atoms with Gasteiger partial charge in [0.15, 0.2) is 0 Å². The Balaban J connectivity index is 0.00000162. The summed E-state index contributed by atoms with van der Waals surface area (Å²) in [6.45, 7) is 8.78. The molecule has 1 amide bonds. The molecule has 1 atom stereocenters. The molecular formula is C12H21Cl2N3OS.